The van der Waals surface area contributed by atoms with E-state index in [1.165, 1.54) is 6.42 Å². The number of carbonyl (C=O) groups is 1. The number of halogens is 2. The number of likely N-dealkylation sites (N-methyl/N-ethyl adjacent to an activating group) is 1. The number of amides is 1. The maximum atomic E-state index is 13.1. The fourth-order valence-electron chi connectivity index (χ4n) is 5.96. The Labute approximate surface area is 243 Å². The second-order valence-corrected chi connectivity index (χ2v) is 13.5. The molecule has 6 rings (SSSR count). The van der Waals surface area contributed by atoms with Gasteiger partial charge in [-0.15, -0.1) is 0 Å². The third-order valence-electron chi connectivity index (χ3n) is 8.07. The Bertz CT molecular complexity index is 1250. The molecule has 3 aliphatic heterocycles. The zero-order chi connectivity index (χ0) is 27.5. The molecule has 1 aromatic heterocycles. The molecule has 4 fully saturated rings. The number of hydrogen-bond donors (Lipinski definition) is 0. The van der Waals surface area contributed by atoms with Gasteiger partial charge in [0.2, 0.25) is 0 Å². The molecule has 39 heavy (non-hydrogen) atoms. The lowest BCUT2D eigenvalue weighted by atomic mass is 10.1. The molecule has 3 atom stereocenters. The standard InChI is InChI=1S/C28H37BrClN5O4/c1-28(2,3)39-27(36)35-16-7-8-17(35)14-34(13-16)25-20-12-21(30)22(29)24(38-19-9-10-19)23(20)31-26(32-25)37-15-18-6-5-11-33(18)4/h12,16-19H,5-11,13-15H2,1-4H3/t16?,17?,18-/m0/s1. The SMILES string of the molecule is CN1CCC[C@H]1COc1nc(N2CC3CCC(C2)N3C(=O)OC(C)(C)C)c2cc(Cl)c(Br)c(OC3CC3)c2n1. The number of aromatic nitrogens is 2. The smallest absolute Gasteiger partial charge is 0.410 e. The second-order valence-electron chi connectivity index (χ2n) is 12.3. The van der Waals surface area contributed by atoms with Crippen molar-refractivity contribution in [3.8, 4) is 11.8 Å². The average molecular weight is 623 g/mol. The van der Waals surface area contributed by atoms with E-state index in [-0.39, 0.29) is 24.3 Å². The summed E-state index contributed by atoms with van der Waals surface area (Å²) in [5.74, 6) is 1.41. The van der Waals surface area contributed by atoms with Crippen LogP contribution in [0.3, 0.4) is 0 Å². The van der Waals surface area contributed by atoms with E-state index in [2.05, 4.69) is 32.8 Å². The molecule has 1 amide bonds. The Balaban J connectivity index is 1.35. The molecule has 0 spiro atoms. The number of benzene rings is 1. The fourth-order valence-corrected chi connectivity index (χ4v) is 6.55. The Morgan fingerprint density at radius 3 is 2.46 bits per heavy atom. The zero-order valence-electron chi connectivity index (χ0n) is 23.1. The van der Waals surface area contributed by atoms with Crippen molar-refractivity contribution < 1.29 is 19.0 Å². The van der Waals surface area contributed by atoms with Crippen molar-refractivity contribution in [3.05, 3.63) is 15.6 Å². The van der Waals surface area contributed by atoms with Crippen LogP contribution in [0, 0.1) is 0 Å². The first kappa shape index (κ1) is 27.1. The topological polar surface area (TPSA) is 80.3 Å². The normalized spacial score (nSPS) is 25.4. The highest BCUT2D eigenvalue weighted by Gasteiger charge is 2.45. The van der Waals surface area contributed by atoms with E-state index >= 15 is 0 Å². The summed E-state index contributed by atoms with van der Waals surface area (Å²) in [5.41, 5.74) is 0.165. The molecule has 11 heteroatoms. The van der Waals surface area contributed by atoms with Gasteiger partial charge < -0.3 is 24.0 Å². The van der Waals surface area contributed by atoms with Crippen LogP contribution in [-0.2, 0) is 4.74 Å². The maximum absolute atomic E-state index is 13.1. The zero-order valence-corrected chi connectivity index (χ0v) is 25.4. The van der Waals surface area contributed by atoms with Crippen molar-refractivity contribution in [1.29, 1.82) is 0 Å². The number of anilines is 1. The molecule has 0 radical (unpaired) electrons. The molecule has 0 N–H and O–H groups in total. The van der Waals surface area contributed by atoms with Gasteiger partial charge >= 0.3 is 12.1 Å². The number of rotatable bonds is 6. The monoisotopic (exact) mass is 621 g/mol. The van der Waals surface area contributed by atoms with E-state index in [4.69, 9.17) is 35.8 Å². The van der Waals surface area contributed by atoms with Crippen LogP contribution in [-0.4, -0.2) is 89.0 Å². The van der Waals surface area contributed by atoms with Crippen molar-refractivity contribution in [3.63, 3.8) is 0 Å². The van der Waals surface area contributed by atoms with Crippen LogP contribution in [0.5, 0.6) is 11.8 Å². The summed E-state index contributed by atoms with van der Waals surface area (Å²) in [6.45, 7) is 8.64. The van der Waals surface area contributed by atoms with Gasteiger partial charge in [-0.1, -0.05) is 11.6 Å². The molecule has 4 aliphatic rings. The van der Waals surface area contributed by atoms with Gasteiger partial charge in [-0.3, -0.25) is 4.90 Å². The van der Waals surface area contributed by atoms with Gasteiger partial charge in [0.25, 0.3) is 0 Å². The molecule has 1 aliphatic carbocycles. The summed E-state index contributed by atoms with van der Waals surface area (Å²) in [5, 5.41) is 1.38. The molecule has 3 saturated heterocycles. The van der Waals surface area contributed by atoms with E-state index in [0.717, 1.165) is 49.9 Å². The van der Waals surface area contributed by atoms with Crippen molar-refractivity contribution in [2.24, 2.45) is 0 Å². The number of ether oxygens (including phenoxy) is 3. The third-order valence-corrected chi connectivity index (χ3v) is 9.39. The van der Waals surface area contributed by atoms with E-state index in [1.807, 2.05) is 31.7 Å². The number of fused-ring (bicyclic) bond motifs is 3. The molecule has 2 unspecified atom stereocenters. The first-order chi connectivity index (χ1) is 18.6. The van der Waals surface area contributed by atoms with Crippen LogP contribution in [0.15, 0.2) is 10.5 Å². The van der Waals surface area contributed by atoms with Gasteiger partial charge in [0.05, 0.1) is 27.7 Å². The highest BCUT2D eigenvalue weighted by Crippen LogP contribution is 2.45. The molecule has 2 aromatic rings. The van der Waals surface area contributed by atoms with Crippen molar-refractivity contribution >= 4 is 50.3 Å². The number of likely N-dealkylation sites (tertiary alicyclic amines) is 1. The maximum Gasteiger partial charge on any atom is 0.410 e. The van der Waals surface area contributed by atoms with Crippen LogP contribution in [0.2, 0.25) is 5.02 Å². The van der Waals surface area contributed by atoms with Gasteiger partial charge in [-0.05, 0) is 94.9 Å². The molecule has 1 aromatic carbocycles. The highest BCUT2D eigenvalue weighted by atomic mass is 79.9. The first-order valence-corrected chi connectivity index (χ1v) is 15.2. The summed E-state index contributed by atoms with van der Waals surface area (Å²) >= 11 is 10.3. The minimum absolute atomic E-state index is 0.0493. The fraction of sp³-hybridized carbons (Fsp3) is 0.679. The molecule has 212 valence electrons. The quantitative estimate of drug-likeness (QED) is 0.409. The van der Waals surface area contributed by atoms with E-state index in [0.29, 0.717) is 52.5 Å². The van der Waals surface area contributed by atoms with Crippen LogP contribution in [0.4, 0.5) is 10.6 Å². The minimum atomic E-state index is -0.530. The number of carbonyl (C=O) groups excluding carboxylic acids is 1. The van der Waals surface area contributed by atoms with Gasteiger partial charge in [0, 0.05) is 24.5 Å². The van der Waals surface area contributed by atoms with Crippen molar-refractivity contribution in [2.45, 2.75) is 89.1 Å². The molecular weight excluding hydrogens is 586 g/mol. The molecule has 2 bridgehead atoms. The predicted octanol–water partition coefficient (Wildman–Crippen LogP) is 5.65. The Morgan fingerprint density at radius 2 is 1.85 bits per heavy atom. The summed E-state index contributed by atoms with van der Waals surface area (Å²) in [7, 11) is 2.13. The van der Waals surface area contributed by atoms with Crippen molar-refractivity contribution in [2.75, 3.05) is 38.2 Å². The summed E-state index contributed by atoms with van der Waals surface area (Å²) < 4.78 is 19.0. The van der Waals surface area contributed by atoms with Crippen LogP contribution >= 0.6 is 27.5 Å². The number of piperazine rings is 1. The third kappa shape index (κ3) is 5.61. The summed E-state index contributed by atoms with van der Waals surface area (Å²) in [6, 6.07) is 2.70. The Morgan fingerprint density at radius 1 is 1.13 bits per heavy atom. The lowest BCUT2D eigenvalue weighted by Gasteiger charge is -2.42. The van der Waals surface area contributed by atoms with Crippen molar-refractivity contribution in [1.82, 2.24) is 19.8 Å². The number of hydrogen-bond acceptors (Lipinski definition) is 8. The molecular formula is C28H37BrClN5O4. The van der Waals surface area contributed by atoms with Crippen LogP contribution in [0.1, 0.15) is 59.3 Å². The second kappa shape index (κ2) is 10.4. The Hall–Kier alpha value is -2.04. The van der Waals surface area contributed by atoms with Gasteiger partial charge in [-0.25, -0.2) is 4.79 Å². The Kier molecular flexibility index (Phi) is 7.25. The van der Waals surface area contributed by atoms with Gasteiger partial charge in [0.15, 0.2) is 5.75 Å². The molecule has 1 saturated carbocycles. The highest BCUT2D eigenvalue weighted by molar-refractivity contribution is 9.10. The minimum Gasteiger partial charge on any atom is -0.487 e. The largest absolute Gasteiger partial charge is 0.487 e. The first-order valence-electron chi connectivity index (χ1n) is 14.0. The van der Waals surface area contributed by atoms with Crippen LogP contribution in [0.25, 0.3) is 10.9 Å². The van der Waals surface area contributed by atoms with Crippen LogP contribution < -0.4 is 14.4 Å². The average Bonchev–Trinajstić information content (AvgIpc) is 3.54. The van der Waals surface area contributed by atoms with Gasteiger partial charge in [-0.2, -0.15) is 9.97 Å². The molecule has 9 nitrogen and oxygen atoms in total. The summed E-state index contributed by atoms with van der Waals surface area (Å²) in [4.78, 5) is 29.4. The predicted molar refractivity (Wildman–Crippen MR) is 154 cm³/mol. The lowest BCUT2D eigenvalue weighted by molar-refractivity contribution is 0.0123. The van der Waals surface area contributed by atoms with E-state index in [1.54, 1.807) is 0 Å². The lowest BCUT2D eigenvalue weighted by Crippen LogP contribution is -2.57. The van der Waals surface area contributed by atoms with Gasteiger partial charge in [0.1, 0.15) is 23.5 Å². The summed E-state index contributed by atoms with van der Waals surface area (Å²) in [6.07, 6.45) is 6.11. The number of nitrogens with zero attached hydrogens (tertiary/aromatic N) is 5. The molecule has 4 heterocycles. The van der Waals surface area contributed by atoms with E-state index in [9.17, 15) is 4.79 Å². The van der Waals surface area contributed by atoms with E-state index < -0.39 is 5.60 Å².